The first kappa shape index (κ1) is 13.8. The topological polar surface area (TPSA) is 12.0 Å². The molecule has 0 heterocycles. The molecule has 0 saturated carbocycles. The van der Waals surface area contributed by atoms with E-state index in [0.29, 0.717) is 0 Å². The van der Waals surface area contributed by atoms with Crippen LogP contribution in [0.3, 0.4) is 0 Å². The number of benzene rings is 2. The van der Waals surface area contributed by atoms with E-state index >= 15 is 0 Å². The maximum atomic E-state index is 3.37. The third-order valence-corrected chi connectivity index (χ3v) is 3.54. The average Bonchev–Trinajstić information content (AvgIpc) is 2.45. The Morgan fingerprint density at radius 3 is 2.16 bits per heavy atom. The van der Waals surface area contributed by atoms with Crippen LogP contribution in [0, 0.1) is 6.92 Å². The predicted molar refractivity (Wildman–Crippen MR) is 83.4 cm³/mol. The second-order valence-electron chi connectivity index (χ2n) is 4.98. The van der Waals surface area contributed by atoms with Crippen LogP contribution < -0.4 is 5.32 Å². The quantitative estimate of drug-likeness (QED) is 0.836. The van der Waals surface area contributed by atoms with Gasteiger partial charge in [0.2, 0.25) is 0 Å². The zero-order chi connectivity index (χ0) is 13.7. The Balaban J connectivity index is 2.24. The van der Waals surface area contributed by atoms with E-state index in [-0.39, 0.29) is 0 Å². The number of rotatable bonds is 5. The standard InChI is InChI=1S/C18H23N/c1-4-15-6-9-17(10-7-15)18-11-8-16(12-14(18)3)13-19-5-2/h6-12,19H,4-5,13H2,1-3H3. The smallest absolute Gasteiger partial charge is 0.0205 e. The molecule has 0 spiro atoms. The fourth-order valence-electron chi connectivity index (χ4n) is 2.35. The van der Waals surface area contributed by atoms with Gasteiger partial charge in [-0.25, -0.2) is 0 Å². The van der Waals surface area contributed by atoms with Gasteiger partial charge < -0.3 is 5.32 Å². The average molecular weight is 253 g/mol. The number of aryl methyl sites for hydroxylation is 2. The van der Waals surface area contributed by atoms with Crippen molar-refractivity contribution in [2.75, 3.05) is 6.54 Å². The highest BCUT2D eigenvalue weighted by molar-refractivity contribution is 5.67. The van der Waals surface area contributed by atoms with Gasteiger partial charge in [0.15, 0.2) is 0 Å². The summed E-state index contributed by atoms with van der Waals surface area (Å²) in [6.07, 6.45) is 1.10. The number of nitrogens with one attached hydrogen (secondary N) is 1. The predicted octanol–water partition coefficient (Wildman–Crippen LogP) is 4.33. The van der Waals surface area contributed by atoms with E-state index in [1.165, 1.54) is 27.8 Å². The molecule has 0 aliphatic carbocycles. The van der Waals surface area contributed by atoms with Gasteiger partial charge in [-0.05, 0) is 47.7 Å². The zero-order valence-corrected chi connectivity index (χ0v) is 12.2. The fourth-order valence-corrected chi connectivity index (χ4v) is 2.35. The minimum Gasteiger partial charge on any atom is -0.313 e. The van der Waals surface area contributed by atoms with E-state index < -0.39 is 0 Å². The summed E-state index contributed by atoms with van der Waals surface area (Å²) < 4.78 is 0. The Morgan fingerprint density at radius 2 is 1.58 bits per heavy atom. The SMILES string of the molecule is CCNCc1ccc(-c2ccc(CC)cc2)c(C)c1. The molecule has 0 unspecified atom stereocenters. The summed E-state index contributed by atoms with van der Waals surface area (Å²) in [7, 11) is 0. The van der Waals surface area contributed by atoms with Crippen LogP contribution in [0.5, 0.6) is 0 Å². The molecule has 2 aromatic rings. The minimum atomic E-state index is 0.951. The number of hydrogen-bond acceptors (Lipinski definition) is 1. The van der Waals surface area contributed by atoms with Crippen molar-refractivity contribution in [3.8, 4) is 11.1 Å². The lowest BCUT2D eigenvalue weighted by Crippen LogP contribution is -2.11. The second-order valence-corrected chi connectivity index (χ2v) is 4.98. The largest absolute Gasteiger partial charge is 0.313 e. The Kier molecular flexibility index (Phi) is 4.75. The highest BCUT2D eigenvalue weighted by Gasteiger charge is 2.03. The van der Waals surface area contributed by atoms with Gasteiger partial charge >= 0.3 is 0 Å². The summed E-state index contributed by atoms with van der Waals surface area (Å²) in [6.45, 7) is 8.48. The third kappa shape index (κ3) is 3.45. The molecule has 1 N–H and O–H groups in total. The molecule has 0 aliphatic heterocycles. The molecule has 0 aliphatic rings. The van der Waals surface area contributed by atoms with Crippen molar-refractivity contribution in [3.05, 3.63) is 59.2 Å². The molecule has 1 heteroatoms. The van der Waals surface area contributed by atoms with Gasteiger partial charge in [-0.3, -0.25) is 0 Å². The highest BCUT2D eigenvalue weighted by Crippen LogP contribution is 2.24. The lowest BCUT2D eigenvalue weighted by Gasteiger charge is -2.10. The van der Waals surface area contributed by atoms with Crippen LogP contribution in [0.25, 0.3) is 11.1 Å². The minimum absolute atomic E-state index is 0.951. The molecule has 2 aromatic carbocycles. The molecule has 0 radical (unpaired) electrons. The van der Waals surface area contributed by atoms with E-state index in [9.17, 15) is 0 Å². The molecule has 100 valence electrons. The van der Waals surface area contributed by atoms with Gasteiger partial charge in [0.05, 0.1) is 0 Å². The summed E-state index contributed by atoms with van der Waals surface area (Å²) in [5, 5.41) is 3.37. The Morgan fingerprint density at radius 1 is 0.895 bits per heavy atom. The number of hydrogen-bond donors (Lipinski definition) is 1. The van der Waals surface area contributed by atoms with E-state index in [4.69, 9.17) is 0 Å². The molecular weight excluding hydrogens is 230 g/mol. The van der Waals surface area contributed by atoms with Crippen molar-refractivity contribution in [3.63, 3.8) is 0 Å². The van der Waals surface area contributed by atoms with E-state index in [2.05, 4.69) is 68.6 Å². The molecule has 0 aromatic heterocycles. The summed E-state index contributed by atoms with van der Waals surface area (Å²) in [5.41, 5.74) is 6.74. The van der Waals surface area contributed by atoms with E-state index in [0.717, 1.165) is 19.5 Å². The second kappa shape index (κ2) is 6.53. The normalized spacial score (nSPS) is 10.7. The van der Waals surface area contributed by atoms with Crippen molar-refractivity contribution in [2.45, 2.75) is 33.7 Å². The highest BCUT2D eigenvalue weighted by atomic mass is 14.8. The zero-order valence-electron chi connectivity index (χ0n) is 12.2. The van der Waals surface area contributed by atoms with E-state index in [1.807, 2.05) is 0 Å². The van der Waals surface area contributed by atoms with Gasteiger partial charge in [0, 0.05) is 6.54 Å². The summed E-state index contributed by atoms with van der Waals surface area (Å²) in [5.74, 6) is 0. The van der Waals surface area contributed by atoms with Gasteiger partial charge in [-0.1, -0.05) is 56.3 Å². The van der Waals surface area contributed by atoms with Gasteiger partial charge in [0.25, 0.3) is 0 Å². The first-order valence-corrected chi connectivity index (χ1v) is 7.14. The Hall–Kier alpha value is -1.60. The molecular formula is C18H23N. The molecule has 0 atom stereocenters. The van der Waals surface area contributed by atoms with Crippen LogP contribution in [0.1, 0.15) is 30.5 Å². The molecule has 0 fully saturated rings. The van der Waals surface area contributed by atoms with Gasteiger partial charge in [0.1, 0.15) is 0 Å². The molecule has 2 rings (SSSR count). The first-order chi connectivity index (χ1) is 9.24. The van der Waals surface area contributed by atoms with Crippen molar-refractivity contribution < 1.29 is 0 Å². The Bertz CT molecular complexity index is 526. The van der Waals surface area contributed by atoms with Crippen LogP contribution in [-0.4, -0.2) is 6.54 Å². The summed E-state index contributed by atoms with van der Waals surface area (Å²) >= 11 is 0. The molecule has 1 nitrogen and oxygen atoms in total. The van der Waals surface area contributed by atoms with Gasteiger partial charge in [-0.2, -0.15) is 0 Å². The van der Waals surface area contributed by atoms with Crippen molar-refractivity contribution in [1.29, 1.82) is 0 Å². The first-order valence-electron chi connectivity index (χ1n) is 7.14. The monoisotopic (exact) mass is 253 g/mol. The van der Waals surface area contributed by atoms with Crippen LogP contribution in [0.2, 0.25) is 0 Å². The van der Waals surface area contributed by atoms with Crippen molar-refractivity contribution >= 4 is 0 Å². The third-order valence-electron chi connectivity index (χ3n) is 3.54. The van der Waals surface area contributed by atoms with Crippen LogP contribution >= 0.6 is 0 Å². The fraction of sp³-hybridized carbons (Fsp3) is 0.333. The van der Waals surface area contributed by atoms with Crippen LogP contribution in [0.15, 0.2) is 42.5 Å². The summed E-state index contributed by atoms with van der Waals surface area (Å²) in [6, 6.07) is 15.6. The van der Waals surface area contributed by atoms with Crippen LogP contribution in [0.4, 0.5) is 0 Å². The molecule has 19 heavy (non-hydrogen) atoms. The lowest BCUT2D eigenvalue weighted by atomic mass is 9.97. The van der Waals surface area contributed by atoms with Gasteiger partial charge in [-0.15, -0.1) is 0 Å². The molecule has 0 amide bonds. The van der Waals surface area contributed by atoms with Crippen LogP contribution in [-0.2, 0) is 13.0 Å². The summed E-state index contributed by atoms with van der Waals surface area (Å²) in [4.78, 5) is 0. The Labute approximate surface area is 116 Å². The van der Waals surface area contributed by atoms with E-state index in [1.54, 1.807) is 0 Å². The molecule has 0 saturated heterocycles. The lowest BCUT2D eigenvalue weighted by molar-refractivity contribution is 0.726. The molecule has 0 bridgehead atoms. The maximum Gasteiger partial charge on any atom is 0.0205 e. The van der Waals surface area contributed by atoms with Crippen molar-refractivity contribution in [1.82, 2.24) is 5.32 Å². The maximum absolute atomic E-state index is 3.37. The van der Waals surface area contributed by atoms with Crippen molar-refractivity contribution in [2.24, 2.45) is 0 Å².